The van der Waals surface area contributed by atoms with Gasteiger partial charge in [-0.1, -0.05) is 5.92 Å². The number of terminal acetylenes is 1. The molecule has 0 aliphatic carbocycles. The molecule has 0 fully saturated rings. The molecular formula is C18H13FN4O3. The highest BCUT2D eigenvalue weighted by Gasteiger charge is 2.21. The van der Waals surface area contributed by atoms with Crippen molar-refractivity contribution >= 4 is 23.3 Å². The quantitative estimate of drug-likeness (QED) is 0.480. The van der Waals surface area contributed by atoms with Crippen molar-refractivity contribution in [3.63, 3.8) is 0 Å². The van der Waals surface area contributed by atoms with Crippen molar-refractivity contribution in [1.82, 2.24) is 9.88 Å². The smallest absolute Gasteiger partial charge is 0.293 e. The number of hydrogen-bond acceptors (Lipinski definition) is 4. The SMILES string of the molecule is C#CCNC(=O)C(=O)c1cc(C(=O)Nc2ccc(F)c(C#N)c2)n(C)c1. The molecule has 26 heavy (non-hydrogen) atoms. The number of aromatic nitrogens is 1. The molecule has 0 aliphatic rings. The van der Waals surface area contributed by atoms with Crippen LogP contribution in [0.3, 0.4) is 0 Å². The Morgan fingerprint density at radius 3 is 2.69 bits per heavy atom. The third kappa shape index (κ3) is 3.94. The minimum absolute atomic E-state index is 0.0176. The Kier molecular flexibility index (Phi) is 5.51. The zero-order valence-electron chi connectivity index (χ0n) is 13.7. The molecule has 0 bridgehead atoms. The number of Topliss-reactive ketones (excluding diaryl/α,β-unsaturated/α-hetero) is 1. The lowest BCUT2D eigenvalue weighted by molar-refractivity contribution is -0.116. The van der Waals surface area contributed by atoms with E-state index in [1.807, 2.05) is 0 Å². The monoisotopic (exact) mass is 352 g/mol. The van der Waals surface area contributed by atoms with Crippen molar-refractivity contribution in [2.24, 2.45) is 7.05 Å². The van der Waals surface area contributed by atoms with Crippen molar-refractivity contribution in [2.45, 2.75) is 0 Å². The number of benzene rings is 1. The summed E-state index contributed by atoms with van der Waals surface area (Å²) in [5, 5.41) is 13.6. The first-order valence-electron chi connectivity index (χ1n) is 7.30. The van der Waals surface area contributed by atoms with Gasteiger partial charge in [0.25, 0.3) is 17.6 Å². The predicted molar refractivity (Wildman–Crippen MR) is 90.7 cm³/mol. The summed E-state index contributed by atoms with van der Waals surface area (Å²) < 4.78 is 14.7. The zero-order valence-corrected chi connectivity index (χ0v) is 13.7. The normalized spacial score (nSPS) is 9.69. The van der Waals surface area contributed by atoms with E-state index in [1.165, 1.54) is 36.0 Å². The summed E-state index contributed by atoms with van der Waals surface area (Å²) in [7, 11) is 1.52. The van der Waals surface area contributed by atoms with Crippen LogP contribution in [0.4, 0.5) is 10.1 Å². The van der Waals surface area contributed by atoms with E-state index < -0.39 is 23.4 Å². The lowest BCUT2D eigenvalue weighted by Crippen LogP contribution is -2.31. The number of carbonyl (C=O) groups excluding carboxylic acids is 3. The Bertz CT molecular complexity index is 979. The van der Waals surface area contributed by atoms with Crippen LogP contribution in [0.5, 0.6) is 0 Å². The van der Waals surface area contributed by atoms with Crippen LogP contribution < -0.4 is 10.6 Å². The van der Waals surface area contributed by atoms with E-state index in [0.717, 1.165) is 6.07 Å². The predicted octanol–water partition coefficient (Wildman–Crippen LogP) is 1.22. The van der Waals surface area contributed by atoms with Crippen molar-refractivity contribution in [3.05, 3.63) is 53.1 Å². The van der Waals surface area contributed by atoms with Gasteiger partial charge in [-0.3, -0.25) is 14.4 Å². The molecule has 0 saturated heterocycles. The fraction of sp³-hybridized carbons (Fsp3) is 0.111. The third-order valence-electron chi connectivity index (χ3n) is 3.40. The summed E-state index contributed by atoms with van der Waals surface area (Å²) in [6.45, 7) is -0.0868. The number of nitriles is 1. The van der Waals surface area contributed by atoms with Gasteiger partial charge in [0.05, 0.1) is 12.1 Å². The van der Waals surface area contributed by atoms with Gasteiger partial charge in [-0.05, 0) is 24.3 Å². The first-order valence-corrected chi connectivity index (χ1v) is 7.30. The molecule has 2 amide bonds. The fourth-order valence-corrected chi connectivity index (χ4v) is 2.14. The van der Waals surface area contributed by atoms with E-state index in [4.69, 9.17) is 11.7 Å². The number of anilines is 1. The maximum absolute atomic E-state index is 13.3. The van der Waals surface area contributed by atoms with Crippen LogP contribution in [-0.2, 0) is 11.8 Å². The van der Waals surface area contributed by atoms with Crippen LogP contribution in [-0.4, -0.2) is 28.7 Å². The van der Waals surface area contributed by atoms with Gasteiger partial charge in [0, 0.05) is 24.5 Å². The average molecular weight is 352 g/mol. The van der Waals surface area contributed by atoms with E-state index in [9.17, 15) is 18.8 Å². The molecular weight excluding hydrogens is 339 g/mol. The second-order valence-corrected chi connectivity index (χ2v) is 5.20. The summed E-state index contributed by atoms with van der Waals surface area (Å²) in [5.74, 6) is -0.820. The Hall–Kier alpha value is -3.91. The molecule has 2 N–H and O–H groups in total. The molecule has 1 aromatic heterocycles. The van der Waals surface area contributed by atoms with Gasteiger partial charge in [-0.25, -0.2) is 4.39 Å². The molecule has 0 aliphatic heterocycles. The van der Waals surface area contributed by atoms with E-state index in [1.54, 1.807) is 6.07 Å². The summed E-state index contributed by atoms with van der Waals surface area (Å²) in [6.07, 6.45) is 6.34. The van der Waals surface area contributed by atoms with Gasteiger partial charge in [-0.15, -0.1) is 6.42 Å². The van der Waals surface area contributed by atoms with Gasteiger partial charge in [0.15, 0.2) is 0 Å². The Labute approximate surface area is 148 Å². The average Bonchev–Trinajstić information content (AvgIpc) is 3.02. The van der Waals surface area contributed by atoms with Crippen molar-refractivity contribution in [2.75, 3.05) is 11.9 Å². The van der Waals surface area contributed by atoms with E-state index >= 15 is 0 Å². The molecule has 0 atom stereocenters. The number of halogens is 1. The molecule has 1 heterocycles. The van der Waals surface area contributed by atoms with Crippen LogP contribution in [0.1, 0.15) is 26.4 Å². The highest BCUT2D eigenvalue weighted by Crippen LogP contribution is 2.16. The Morgan fingerprint density at radius 1 is 1.31 bits per heavy atom. The lowest BCUT2D eigenvalue weighted by Gasteiger charge is -2.06. The van der Waals surface area contributed by atoms with Gasteiger partial charge in [0.1, 0.15) is 17.6 Å². The van der Waals surface area contributed by atoms with Crippen LogP contribution in [0, 0.1) is 29.5 Å². The fourth-order valence-electron chi connectivity index (χ4n) is 2.14. The number of hydrogen-bond donors (Lipinski definition) is 2. The first-order chi connectivity index (χ1) is 12.4. The first kappa shape index (κ1) is 18.4. The molecule has 1 aromatic carbocycles. The molecule has 2 aromatic rings. The van der Waals surface area contributed by atoms with Crippen molar-refractivity contribution < 1.29 is 18.8 Å². The second-order valence-electron chi connectivity index (χ2n) is 5.20. The number of aryl methyl sites for hydroxylation is 1. The minimum atomic E-state index is -0.877. The molecule has 0 spiro atoms. The largest absolute Gasteiger partial charge is 0.346 e. The van der Waals surface area contributed by atoms with Gasteiger partial charge in [-0.2, -0.15) is 5.26 Å². The third-order valence-corrected chi connectivity index (χ3v) is 3.40. The second kappa shape index (κ2) is 7.77. The number of carbonyl (C=O) groups is 3. The highest BCUT2D eigenvalue weighted by atomic mass is 19.1. The van der Waals surface area contributed by atoms with E-state index in [0.29, 0.717) is 0 Å². The van der Waals surface area contributed by atoms with Gasteiger partial charge in [0.2, 0.25) is 0 Å². The Morgan fingerprint density at radius 2 is 2.04 bits per heavy atom. The minimum Gasteiger partial charge on any atom is -0.346 e. The molecule has 8 heteroatoms. The number of amides is 2. The molecule has 7 nitrogen and oxygen atoms in total. The van der Waals surface area contributed by atoms with Gasteiger partial charge >= 0.3 is 0 Å². The lowest BCUT2D eigenvalue weighted by atomic mass is 10.2. The molecule has 0 unspecified atom stereocenters. The standard InChI is InChI=1S/C18H13FN4O3/c1-3-6-21-18(26)16(24)12-8-15(23(2)10-12)17(25)22-13-4-5-14(19)11(7-13)9-20/h1,4-5,7-8,10H,6H2,2H3,(H,21,26)(H,22,25). The van der Waals surface area contributed by atoms with Crippen LogP contribution >= 0.6 is 0 Å². The van der Waals surface area contributed by atoms with Crippen LogP contribution in [0.15, 0.2) is 30.5 Å². The van der Waals surface area contributed by atoms with Crippen LogP contribution in [0.2, 0.25) is 0 Å². The van der Waals surface area contributed by atoms with Crippen molar-refractivity contribution in [1.29, 1.82) is 5.26 Å². The van der Waals surface area contributed by atoms with Crippen molar-refractivity contribution in [3.8, 4) is 18.4 Å². The number of nitrogens with one attached hydrogen (secondary N) is 2. The molecule has 2 rings (SSSR count). The Balaban J connectivity index is 2.19. The maximum Gasteiger partial charge on any atom is 0.293 e. The van der Waals surface area contributed by atoms with Gasteiger partial charge < -0.3 is 15.2 Å². The topological polar surface area (TPSA) is 104 Å². The zero-order chi connectivity index (χ0) is 19.3. The maximum atomic E-state index is 13.3. The van der Waals surface area contributed by atoms with E-state index in [2.05, 4.69) is 16.6 Å². The summed E-state index contributed by atoms with van der Waals surface area (Å²) >= 11 is 0. The summed E-state index contributed by atoms with van der Waals surface area (Å²) in [5.41, 5.74) is 0.120. The molecule has 0 radical (unpaired) electrons. The van der Waals surface area contributed by atoms with E-state index in [-0.39, 0.29) is 29.1 Å². The molecule has 130 valence electrons. The number of ketones is 1. The highest BCUT2D eigenvalue weighted by molar-refractivity contribution is 6.43. The molecule has 0 saturated carbocycles. The summed E-state index contributed by atoms with van der Waals surface area (Å²) in [4.78, 5) is 36.0. The number of rotatable bonds is 5. The van der Waals surface area contributed by atoms with Crippen LogP contribution in [0.25, 0.3) is 0 Å². The number of nitrogens with zero attached hydrogens (tertiary/aromatic N) is 2. The summed E-state index contributed by atoms with van der Waals surface area (Å²) in [6, 6.07) is 6.48.